The molecule has 6 nitrogen and oxygen atoms in total. The maximum absolute atomic E-state index is 13.1. The lowest BCUT2D eigenvalue weighted by atomic mass is 9.66. The number of esters is 2. The van der Waals surface area contributed by atoms with Crippen LogP contribution in [0.25, 0.3) is 21.8 Å². The summed E-state index contributed by atoms with van der Waals surface area (Å²) in [7, 11) is 0. The van der Waals surface area contributed by atoms with E-state index in [0.717, 1.165) is 27.5 Å². The Morgan fingerprint density at radius 1 is 1.18 bits per heavy atom. The summed E-state index contributed by atoms with van der Waals surface area (Å²) in [6.45, 7) is 7.67. The van der Waals surface area contributed by atoms with Crippen LogP contribution in [0.1, 0.15) is 39.3 Å². The smallest absolute Gasteiger partial charge is 0.356 e. The van der Waals surface area contributed by atoms with Gasteiger partial charge in [-0.1, -0.05) is 13.8 Å². The number of hydrogen-bond acceptors (Lipinski definition) is 5. The lowest BCUT2D eigenvalue weighted by molar-refractivity contribution is -0.176. The topological polar surface area (TPSA) is 81.3 Å². The van der Waals surface area contributed by atoms with Crippen molar-refractivity contribution in [1.29, 1.82) is 0 Å². The lowest BCUT2D eigenvalue weighted by Gasteiger charge is -2.34. The molecule has 1 saturated carbocycles. The zero-order valence-corrected chi connectivity index (χ0v) is 16.4. The molecule has 1 aromatic carbocycles. The number of rotatable bonds is 2. The van der Waals surface area contributed by atoms with Crippen molar-refractivity contribution < 1.29 is 19.1 Å². The SMILES string of the molecule is Cc1nccc2c1[nH]c1cc(OC(=O)[C@@]34CC[C@@](C)(C(=O)O3)C4(C)C)ccc12. The van der Waals surface area contributed by atoms with Crippen molar-refractivity contribution in [2.45, 2.75) is 46.1 Å². The highest BCUT2D eigenvalue weighted by molar-refractivity contribution is 6.08. The Labute approximate surface area is 162 Å². The van der Waals surface area contributed by atoms with Gasteiger partial charge in [-0.3, -0.25) is 9.78 Å². The van der Waals surface area contributed by atoms with Crippen LogP contribution in [0.15, 0.2) is 30.5 Å². The quantitative estimate of drug-likeness (QED) is 0.537. The fourth-order valence-corrected chi connectivity index (χ4v) is 4.90. The number of nitrogens with zero attached hydrogens (tertiary/aromatic N) is 1. The number of nitrogens with one attached hydrogen (secondary N) is 1. The Kier molecular flexibility index (Phi) is 3.15. The van der Waals surface area contributed by atoms with E-state index in [1.54, 1.807) is 18.3 Å². The first kappa shape index (κ1) is 17.2. The number of ether oxygens (including phenoxy) is 2. The van der Waals surface area contributed by atoms with Gasteiger partial charge < -0.3 is 14.5 Å². The molecule has 0 amide bonds. The Hall–Kier alpha value is -2.89. The lowest BCUT2D eigenvalue weighted by Crippen LogP contribution is -2.50. The molecule has 1 aliphatic heterocycles. The number of fused-ring (bicyclic) bond motifs is 5. The van der Waals surface area contributed by atoms with Gasteiger partial charge in [-0.25, -0.2) is 4.79 Å². The van der Waals surface area contributed by atoms with Gasteiger partial charge in [0.2, 0.25) is 5.60 Å². The van der Waals surface area contributed by atoms with Crippen molar-refractivity contribution in [2.24, 2.45) is 10.8 Å². The summed E-state index contributed by atoms with van der Waals surface area (Å²) < 4.78 is 11.4. The van der Waals surface area contributed by atoms with E-state index in [9.17, 15) is 9.59 Å². The molecule has 1 aliphatic carbocycles. The molecular formula is C22H22N2O4. The summed E-state index contributed by atoms with van der Waals surface area (Å²) in [6, 6.07) is 7.48. The number of H-pyrrole nitrogens is 1. The van der Waals surface area contributed by atoms with E-state index in [-0.39, 0.29) is 5.97 Å². The van der Waals surface area contributed by atoms with E-state index in [1.165, 1.54) is 0 Å². The first-order valence-electron chi connectivity index (χ1n) is 9.52. The summed E-state index contributed by atoms with van der Waals surface area (Å²) in [5.74, 6) is -0.383. The highest BCUT2D eigenvalue weighted by atomic mass is 16.6. The molecule has 1 N–H and O–H groups in total. The third-order valence-corrected chi connectivity index (χ3v) is 7.31. The molecular weight excluding hydrogens is 356 g/mol. The second-order valence-electron chi connectivity index (χ2n) is 8.71. The predicted molar refractivity (Wildman–Crippen MR) is 104 cm³/mol. The van der Waals surface area contributed by atoms with Gasteiger partial charge in [0.1, 0.15) is 5.75 Å². The number of carbonyl (C=O) groups excluding carboxylic acids is 2. The van der Waals surface area contributed by atoms with Gasteiger partial charge >= 0.3 is 11.9 Å². The fourth-order valence-electron chi connectivity index (χ4n) is 4.90. The average Bonchev–Trinajstić information content (AvgIpc) is 3.16. The Bertz CT molecular complexity index is 1180. The Morgan fingerprint density at radius 3 is 2.64 bits per heavy atom. The average molecular weight is 378 g/mol. The van der Waals surface area contributed by atoms with Gasteiger partial charge in [0, 0.05) is 28.5 Å². The van der Waals surface area contributed by atoms with Crippen LogP contribution < -0.4 is 4.74 Å². The minimum atomic E-state index is -1.23. The van der Waals surface area contributed by atoms with Crippen molar-refractivity contribution >= 4 is 33.7 Å². The first-order chi connectivity index (χ1) is 13.2. The van der Waals surface area contributed by atoms with Crippen molar-refractivity contribution in [3.8, 4) is 5.75 Å². The van der Waals surface area contributed by atoms with E-state index >= 15 is 0 Å². The maximum atomic E-state index is 13.1. The molecule has 0 unspecified atom stereocenters. The molecule has 2 aliphatic rings. The third-order valence-electron chi connectivity index (χ3n) is 7.31. The minimum absolute atomic E-state index is 0.310. The molecule has 5 rings (SSSR count). The van der Waals surface area contributed by atoms with Crippen LogP contribution in [0.5, 0.6) is 5.75 Å². The van der Waals surface area contributed by atoms with Gasteiger partial charge in [-0.05, 0) is 44.9 Å². The number of hydrogen-bond donors (Lipinski definition) is 1. The largest absolute Gasteiger partial charge is 0.446 e. The van der Waals surface area contributed by atoms with Crippen molar-refractivity contribution in [2.75, 3.05) is 0 Å². The van der Waals surface area contributed by atoms with Crippen LogP contribution in [-0.2, 0) is 14.3 Å². The van der Waals surface area contributed by atoms with Gasteiger partial charge in [0.05, 0.1) is 22.1 Å². The second kappa shape index (κ2) is 5.13. The second-order valence-corrected chi connectivity index (χ2v) is 8.71. The highest BCUT2D eigenvalue weighted by Crippen LogP contribution is 2.65. The number of aromatic amines is 1. The van der Waals surface area contributed by atoms with Crippen LogP contribution in [0, 0.1) is 17.8 Å². The molecule has 144 valence electrons. The maximum Gasteiger partial charge on any atom is 0.356 e. The summed E-state index contributed by atoms with van der Waals surface area (Å²) in [6.07, 6.45) is 2.90. The van der Waals surface area contributed by atoms with Gasteiger partial charge in [0.15, 0.2) is 0 Å². The van der Waals surface area contributed by atoms with E-state index in [1.807, 2.05) is 39.8 Å². The number of aryl methyl sites for hydroxylation is 1. The zero-order chi connectivity index (χ0) is 19.9. The molecule has 0 radical (unpaired) electrons. The molecule has 0 spiro atoms. The van der Waals surface area contributed by atoms with Gasteiger partial charge in [-0.15, -0.1) is 0 Å². The number of benzene rings is 1. The molecule has 2 bridgehead atoms. The monoisotopic (exact) mass is 378 g/mol. The van der Waals surface area contributed by atoms with Crippen molar-refractivity contribution in [3.63, 3.8) is 0 Å². The zero-order valence-electron chi connectivity index (χ0n) is 16.4. The Balaban J connectivity index is 1.52. The molecule has 3 aromatic rings. The fraction of sp³-hybridized carbons (Fsp3) is 0.409. The number of pyridine rings is 1. The molecule has 2 fully saturated rings. The van der Waals surface area contributed by atoms with Gasteiger partial charge in [0.25, 0.3) is 0 Å². The van der Waals surface area contributed by atoms with Crippen LogP contribution in [-0.4, -0.2) is 27.5 Å². The van der Waals surface area contributed by atoms with E-state index in [4.69, 9.17) is 9.47 Å². The molecule has 6 heteroatoms. The molecule has 2 atom stereocenters. The van der Waals surface area contributed by atoms with Gasteiger partial charge in [-0.2, -0.15) is 0 Å². The predicted octanol–water partition coefficient (Wildman–Crippen LogP) is 4.05. The van der Waals surface area contributed by atoms with Crippen molar-refractivity contribution in [3.05, 3.63) is 36.2 Å². The molecule has 28 heavy (non-hydrogen) atoms. The summed E-state index contributed by atoms with van der Waals surface area (Å²) >= 11 is 0. The van der Waals surface area contributed by atoms with Crippen LogP contribution in [0.2, 0.25) is 0 Å². The van der Waals surface area contributed by atoms with E-state index in [2.05, 4.69) is 9.97 Å². The van der Waals surface area contributed by atoms with Crippen LogP contribution in [0.4, 0.5) is 0 Å². The van der Waals surface area contributed by atoms with E-state index in [0.29, 0.717) is 18.6 Å². The normalized spacial score (nSPS) is 28.1. The van der Waals surface area contributed by atoms with Crippen LogP contribution in [0.3, 0.4) is 0 Å². The molecule has 2 aromatic heterocycles. The highest BCUT2D eigenvalue weighted by Gasteiger charge is 2.76. The molecule has 1 saturated heterocycles. The first-order valence-corrected chi connectivity index (χ1v) is 9.52. The molecule has 3 heterocycles. The number of carbonyl (C=O) groups is 2. The van der Waals surface area contributed by atoms with E-state index < -0.39 is 22.4 Å². The van der Waals surface area contributed by atoms with Crippen molar-refractivity contribution in [1.82, 2.24) is 9.97 Å². The minimum Gasteiger partial charge on any atom is -0.446 e. The summed E-state index contributed by atoms with van der Waals surface area (Å²) in [4.78, 5) is 33.2. The summed E-state index contributed by atoms with van der Waals surface area (Å²) in [5, 5.41) is 2.12. The Morgan fingerprint density at radius 2 is 1.96 bits per heavy atom. The number of aromatic nitrogens is 2. The third kappa shape index (κ3) is 1.85. The summed E-state index contributed by atoms with van der Waals surface area (Å²) in [5.41, 5.74) is 0.245. The standard InChI is InChI=1S/C22H22N2O4/c1-12-17-15(7-10-23-12)14-6-5-13(11-16(14)24-17)27-19(26)22-9-8-21(4,18(25)28-22)20(22,2)3/h5-7,10-11,24H,8-9H2,1-4H3/t21-,22+/m0/s1. The van der Waals surface area contributed by atoms with Crippen LogP contribution >= 0.6 is 0 Å².